The van der Waals surface area contributed by atoms with E-state index in [1.54, 1.807) is 12.3 Å². The molecule has 1 saturated carbocycles. The molecule has 4 rings (SSSR count). The number of carbonyl (C=O) groups is 1. The summed E-state index contributed by atoms with van der Waals surface area (Å²) in [5.74, 6) is -0.833. The van der Waals surface area contributed by atoms with Crippen molar-refractivity contribution in [3.8, 4) is 11.1 Å². The zero-order valence-corrected chi connectivity index (χ0v) is 14.7. The Balaban J connectivity index is 1.99. The summed E-state index contributed by atoms with van der Waals surface area (Å²) in [6, 6.07) is 11.6. The highest BCUT2D eigenvalue weighted by Crippen LogP contribution is 2.43. The first-order chi connectivity index (χ1) is 12.5. The normalized spacial score (nSPS) is 13.8. The van der Waals surface area contributed by atoms with E-state index in [4.69, 9.17) is 0 Å². The minimum absolute atomic E-state index is 0.157. The van der Waals surface area contributed by atoms with Crippen LogP contribution in [0.1, 0.15) is 40.2 Å². The van der Waals surface area contributed by atoms with Gasteiger partial charge in [0.15, 0.2) is 0 Å². The highest BCUT2D eigenvalue weighted by molar-refractivity contribution is 5.89. The number of fused-ring (bicyclic) bond motifs is 1. The molecule has 0 bridgehead atoms. The fourth-order valence-electron chi connectivity index (χ4n) is 3.58. The monoisotopic (exact) mass is 348 g/mol. The van der Waals surface area contributed by atoms with Crippen molar-refractivity contribution < 1.29 is 9.90 Å². The number of hydrogen-bond acceptors (Lipinski definition) is 3. The summed E-state index contributed by atoms with van der Waals surface area (Å²) in [5, 5.41) is 12.5. The van der Waals surface area contributed by atoms with Gasteiger partial charge < -0.3 is 10.4 Å². The van der Waals surface area contributed by atoms with E-state index in [0.717, 1.165) is 46.3 Å². The van der Waals surface area contributed by atoms with Gasteiger partial charge in [0, 0.05) is 18.9 Å². The second-order valence-corrected chi connectivity index (χ2v) is 6.80. The van der Waals surface area contributed by atoms with Gasteiger partial charge in [-0.25, -0.2) is 4.79 Å². The smallest absolute Gasteiger partial charge is 0.341 e. The summed E-state index contributed by atoms with van der Waals surface area (Å²) in [6.45, 7) is 2.00. The first-order valence-corrected chi connectivity index (χ1v) is 8.71. The lowest BCUT2D eigenvalue weighted by Gasteiger charge is -2.15. The van der Waals surface area contributed by atoms with Crippen molar-refractivity contribution in [2.24, 2.45) is 0 Å². The number of anilines is 1. The van der Waals surface area contributed by atoms with Crippen LogP contribution in [0.15, 0.2) is 47.4 Å². The number of benzene rings is 1. The predicted molar refractivity (Wildman–Crippen MR) is 102 cm³/mol. The molecule has 0 spiro atoms. The van der Waals surface area contributed by atoms with Gasteiger partial charge in [0.25, 0.3) is 5.56 Å². The summed E-state index contributed by atoms with van der Waals surface area (Å²) in [5.41, 5.74) is 5.34. The lowest BCUT2D eigenvalue weighted by atomic mass is 9.96. The number of rotatable bonds is 4. The molecule has 5 heteroatoms. The van der Waals surface area contributed by atoms with Crippen molar-refractivity contribution in [3.63, 3.8) is 0 Å². The molecule has 0 saturated heterocycles. The Kier molecular flexibility index (Phi) is 3.80. The molecule has 0 radical (unpaired) electrons. The van der Waals surface area contributed by atoms with E-state index >= 15 is 0 Å². The third kappa shape index (κ3) is 2.56. The summed E-state index contributed by atoms with van der Waals surface area (Å²) >= 11 is 0. The maximum Gasteiger partial charge on any atom is 0.341 e. The highest BCUT2D eigenvalue weighted by Gasteiger charge is 2.29. The molecule has 2 N–H and O–H groups in total. The van der Waals surface area contributed by atoms with E-state index < -0.39 is 11.5 Å². The van der Waals surface area contributed by atoms with Crippen LogP contribution in [-0.2, 0) is 0 Å². The van der Waals surface area contributed by atoms with Gasteiger partial charge in [-0.05, 0) is 72.2 Å². The van der Waals surface area contributed by atoms with Gasteiger partial charge in [0.1, 0.15) is 5.56 Å². The molecule has 2 heterocycles. The number of aromatic carboxylic acids is 1. The fourth-order valence-corrected chi connectivity index (χ4v) is 3.58. The first kappa shape index (κ1) is 16.4. The number of aryl methyl sites for hydroxylation is 1. The molecule has 132 valence electrons. The molecule has 0 amide bonds. The molecular formula is C21H20N2O3. The molecular weight excluding hydrogens is 328 g/mol. The van der Waals surface area contributed by atoms with Crippen LogP contribution in [0, 0.1) is 6.92 Å². The maximum atomic E-state index is 12.6. The lowest BCUT2D eigenvalue weighted by molar-refractivity contribution is 0.0694. The van der Waals surface area contributed by atoms with Crippen LogP contribution < -0.4 is 10.9 Å². The number of carboxylic acid groups (broad SMARTS) is 1. The minimum atomic E-state index is -1.17. The Morgan fingerprint density at radius 1 is 1.19 bits per heavy atom. The van der Waals surface area contributed by atoms with E-state index in [1.165, 1.54) is 4.40 Å². The number of carboxylic acids is 1. The van der Waals surface area contributed by atoms with Gasteiger partial charge in [-0.3, -0.25) is 9.20 Å². The first-order valence-electron chi connectivity index (χ1n) is 8.71. The van der Waals surface area contributed by atoms with Gasteiger partial charge >= 0.3 is 5.97 Å². The third-order valence-corrected chi connectivity index (χ3v) is 5.15. The number of hydrogen-bond donors (Lipinski definition) is 2. The molecule has 26 heavy (non-hydrogen) atoms. The molecule has 1 fully saturated rings. The van der Waals surface area contributed by atoms with E-state index in [-0.39, 0.29) is 5.56 Å². The molecule has 5 nitrogen and oxygen atoms in total. The standard InChI is InChI=1S/C21H20N2O3/c1-12-16(13-5-7-15(22-2)8-6-13)9-10-23-19(12)17(14-3-4-14)11-18(20(23)24)21(25)26/h5-11,14,22H,3-4H2,1-2H3,(H,25,26). The van der Waals surface area contributed by atoms with Gasteiger partial charge in [-0.15, -0.1) is 0 Å². The van der Waals surface area contributed by atoms with E-state index in [0.29, 0.717) is 5.92 Å². The Morgan fingerprint density at radius 2 is 1.88 bits per heavy atom. The Hall–Kier alpha value is -3.08. The maximum absolute atomic E-state index is 12.6. The summed E-state index contributed by atoms with van der Waals surface area (Å²) in [7, 11) is 1.88. The lowest BCUT2D eigenvalue weighted by Crippen LogP contribution is -2.23. The van der Waals surface area contributed by atoms with E-state index in [1.807, 2.05) is 44.3 Å². The van der Waals surface area contributed by atoms with Crippen LogP contribution in [0.3, 0.4) is 0 Å². The van der Waals surface area contributed by atoms with E-state index in [2.05, 4.69) is 5.32 Å². The quantitative estimate of drug-likeness (QED) is 0.750. The second-order valence-electron chi connectivity index (χ2n) is 6.80. The minimum Gasteiger partial charge on any atom is -0.477 e. The molecule has 1 aliphatic carbocycles. The topological polar surface area (TPSA) is 70.8 Å². The average Bonchev–Trinajstić information content (AvgIpc) is 3.47. The molecule has 2 aromatic heterocycles. The van der Waals surface area contributed by atoms with Gasteiger partial charge in [0.2, 0.25) is 0 Å². The number of nitrogens with one attached hydrogen (secondary N) is 1. The van der Waals surface area contributed by atoms with Gasteiger partial charge in [-0.2, -0.15) is 0 Å². The largest absolute Gasteiger partial charge is 0.477 e. The summed E-state index contributed by atoms with van der Waals surface area (Å²) < 4.78 is 1.50. The van der Waals surface area contributed by atoms with Crippen molar-refractivity contribution in [1.82, 2.24) is 4.40 Å². The molecule has 0 unspecified atom stereocenters. The third-order valence-electron chi connectivity index (χ3n) is 5.15. The van der Waals surface area contributed by atoms with Crippen molar-refractivity contribution in [2.45, 2.75) is 25.7 Å². The average molecular weight is 348 g/mol. The molecule has 3 aromatic rings. The van der Waals surface area contributed by atoms with Crippen LogP contribution in [0.2, 0.25) is 0 Å². The van der Waals surface area contributed by atoms with Crippen molar-refractivity contribution >= 4 is 17.2 Å². The Morgan fingerprint density at radius 3 is 2.46 bits per heavy atom. The zero-order valence-electron chi connectivity index (χ0n) is 14.7. The van der Waals surface area contributed by atoms with Gasteiger partial charge in [0.05, 0.1) is 5.52 Å². The van der Waals surface area contributed by atoms with Crippen LogP contribution in [-0.4, -0.2) is 22.5 Å². The van der Waals surface area contributed by atoms with Crippen LogP contribution >= 0.6 is 0 Å². The van der Waals surface area contributed by atoms with Crippen molar-refractivity contribution in [2.75, 3.05) is 12.4 Å². The number of nitrogens with zero attached hydrogens (tertiary/aromatic N) is 1. The highest BCUT2D eigenvalue weighted by atomic mass is 16.4. The molecule has 0 aliphatic heterocycles. The second kappa shape index (κ2) is 6.02. The Labute approximate surface area is 150 Å². The molecule has 1 aromatic carbocycles. The fraction of sp³-hybridized carbons (Fsp3) is 0.238. The van der Waals surface area contributed by atoms with Crippen LogP contribution in [0.4, 0.5) is 5.69 Å². The SMILES string of the molecule is CNc1ccc(-c2ccn3c(=O)c(C(=O)O)cc(C4CC4)c3c2C)cc1. The predicted octanol–water partition coefficient (Wildman–Crippen LogP) is 3.89. The molecule has 1 aliphatic rings. The molecule has 0 atom stereocenters. The van der Waals surface area contributed by atoms with Gasteiger partial charge in [-0.1, -0.05) is 12.1 Å². The number of aromatic nitrogens is 1. The van der Waals surface area contributed by atoms with Crippen LogP contribution in [0.25, 0.3) is 16.6 Å². The Bertz CT molecular complexity index is 1080. The summed E-state index contributed by atoms with van der Waals surface area (Å²) in [4.78, 5) is 24.1. The number of pyridine rings is 2. The van der Waals surface area contributed by atoms with Crippen molar-refractivity contribution in [3.05, 3.63) is 69.6 Å². The van der Waals surface area contributed by atoms with Crippen LogP contribution in [0.5, 0.6) is 0 Å². The summed E-state index contributed by atoms with van der Waals surface area (Å²) in [6.07, 6.45) is 3.77. The zero-order chi connectivity index (χ0) is 18.4. The van der Waals surface area contributed by atoms with Crippen molar-refractivity contribution in [1.29, 1.82) is 0 Å². The van der Waals surface area contributed by atoms with E-state index in [9.17, 15) is 14.7 Å².